The van der Waals surface area contributed by atoms with Crippen molar-refractivity contribution >= 4 is 5.91 Å². The van der Waals surface area contributed by atoms with Crippen LogP contribution in [0, 0.1) is 0 Å². The molecule has 0 aromatic heterocycles. The number of carbonyl (C=O) groups is 1. The molecule has 4 nitrogen and oxygen atoms in total. The van der Waals surface area contributed by atoms with Gasteiger partial charge in [-0.05, 0) is 20.3 Å². The van der Waals surface area contributed by atoms with Crippen molar-refractivity contribution in [1.82, 2.24) is 10.6 Å². The van der Waals surface area contributed by atoms with E-state index in [4.69, 9.17) is 5.11 Å². The standard InChI is InChI=1S/C9H20N2O2/c1-4-5-10-9(13)6-11-7(2)8(3)12/h7-8,11-12H,4-6H2,1-3H3,(H,10,13). The first-order valence-corrected chi connectivity index (χ1v) is 4.76. The number of rotatable bonds is 6. The van der Waals surface area contributed by atoms with Crippen molar-refractivity contribution in [2.45, 2.75) is 39.3 Å². The monoisotopic (exact) mass is 188 g/mol. The molecule has 4 heteroatoms. The zero-order chi connectivity index (χ0) is 10.3. The highest BCUT2D eigenvalue weighted by Crippen LogP contribution is 1.88. The minimum Gasteiger partial charge on any atom is -0.392 e. The fourth-order valence-electron chi connectivity index (χ4n) is 0.751. The molecule has 0 radical (unpaired) electrons. The number of carbonyl (C=O) groups excluding carboxylic acids is 1. The second-order valence-corrected chi connectivity index (χ2v) is 3.26. The van der Waals surface area contributed by atoms with Gasteiger partial charge in [-0.15, -0.1) is 0 Å². The quantitative estimate of drug-likeness (QED) is 0.544. The largest absolute Gasteiger partial charge is 0.392 e. The summed E-state index contributed by atoms with van der Waals surface area (Å²) in [5.74, 6) is -0.0191. The Balaban J connectivity index is 3.46. The maximum atomic E-state index is 11.1. The molecular weight excluding hydrogens is 168 g/mol. The van der Waals surface area contributed by atoms with E-state index in [1.807, 2.05) is 13.8 Å². The summed E-state index contributed by atoms with van der Waals surface area (Å²) in [6.45, 7) is 6.53. The Kier molecular flexibility index (Phi) is 6.54. The van der Waals surface area contributed by atoms with E-state index < -0.39 is 6.10 Å². The van der Waals surface area contributed by atoms with Crippen LogP contribution in [0.25, 0.3) is 0 Å². The van der Waals surface area contributed by atoms with Gasteiger partial charge in [-0.2, -0.15) is 0 Å². The summed E-state index contributed by atoms with van der Waals surface area (Å²) in [5.41, 5.74) is 0. The van der Waals surface area contributed by atoms with Gasteiger partial charge >= 0.3 is 0 Å². The number of hydrogen-bond donors (Lipinski definition) is 3. The molecule has 0 aromatic rings. The Morgan fingerprint density at radius 2 is 2.08 bits per heavy atom. The van der Waals surface area contributed by atoms with Crippen LogP contribution in [0.2, 0.25) is 0 Å². The molecule has 0 aliphatic rings. The second kappa shape index (κ2) is 6.86. The molecule has 0 spiro atoms. The van der Waals surface area contributed by atoms with E-state index in [-0.39, 0.29) is 18.5 Å². The summed E-state index contributed by atoms with van der Waals surface area (Å²) >= 11 is 0. The normalized spacial score (nSPS) is 15.1. The van der Waals surface area contributed by atoms with Crippen LogP contribution in [0.4, 0.5) is 0 Å². The highest BCUT2D eigenvalue weighted by molar-refractivity contribution is 5.77. The van der Waals surface area contributed by atoms with E-state index in [0.717, 1.165) is 6.42 Å². The molecule has 0 aromatic carbocycles. The summed E-state index contributed by atoms with van der Waals surface area (Å²) in [6, 6.07) is -0.0487. The molecule has 0 saturated heterocycles. The van der Waals surface area contributed by atoms with Crippen LogP contribution >= 0.6 is 0 Å². The van der Waals surface area contributed by atoms with Crippen LogP contribution in [0.15, 0.2) is 0 Å². The molecule has 0 rings (SSSR count). The molecule has 0 heterocycles. The minimum absolute atomic E-state index is 0.0191. The van der Waals surface area contributed by atoms with Crippen LogP contribution < -0.4 is 10.6 Å². The Morgan fingerprint density at radius 1 is 1.46 bits per heavy atom. The average molecular weight is 188 g/mol. The van der Waals surface area contributed by atoms with Crippen LogP contribution in [-0.4, -0.2) is 36.2 Å². The summed E-state index contributed by atoms with van der Waals surface area (Å²) in [4.78, 5) is 11.1. The summed E-state index contributed by atoms with van der Waals surface area (Å²) in [6.07, 6.45) is 0.511. The number of aliphatic hydroxyl groups excluding tert-OH is 1. The van der Waals surface area contributed by atoms with E-state index in [0.29, 0.717) is 6.54 Å². The molecular formula is C9H20N2O2. The third-order valence-corrected chi connectivity index (χ3v) is 1.88. The van der Waals surface area contributed by atoms with Gasteiger partial charge in [0.1, 0.15) is 0 Å². The van der Waals surface area contributed by atoms with Crippen molar-refractivity contribution in [1.29, 1.82) is 0 Å². The van der Waals surface area contributed by atoms with Crippen molar-refractivity contribution in [3.63, 3.8) is 0 Å². The molecule has 1 amide bonds. The van der Waals surface area contributed by atoms with Crippen molar-refractivity contribution in [3.8, 4) is 0 Å². The van der Waals surface area contributed by atoms with E-state index in [1.54, 1.807) is 6.92 Å². The van der Waals surface area contributed by atoms with E-state index in [1.165, 1.54) is 0 Å². The third kappa shape index (κ3) is 6.54. The van der Waals surface area contributed by atoms with Gasteiger partial charge in [0.25, 0.3) is 0 Å². The smallest absolute Gasteiger partial charge is 0.233 e. The third-order valence-electron chi connectivity index (χ3n) is 1.88. The van der Waals surface area contributed by atoms with E-state index in [9.17, 15) is 4.79 Å². The maximum Gasteiger partial charge on any atom is 0.233 e. The second-order valence-electron chi connectivity index (χ2n) is 3.26. The predicted octanol–water partition coefficient (Wildman–Crippen LogP) is -0.128. The molecule has 0 bridgehead atoms. The van der Waals surface area contributed by atoms with Crippen LogP contribution in [-0.2, 0) is 4.79 Å². The Morgan fingerprint density at radius 3 is 2.54 bits per heavy atom. The molecule has 3 N–H and O–H groups in total. The summed E-state index contributed by atoms with van der Waals surface area (Å²) in [5, 5.41) is 14.8. The van der Waals surface area contributed by atoms with Crippen LogP contribution in [0.5, 0.6) is 0 Å². The van der Waals surface area contributed by atoms with Crippen molar-refractivity contribution in [3.05, 3.63) is 0 Å². The molecule has 2 atom stereocenters. The fraction of sp³-hybridized carbons (Fsp3) is 0.889. The molecule has 13 heavy (non-hydrogen) atoms. The first-order valence-electron chi connectivity index (χ1n) is 4.76. The van der Waals surface area contributed by atoms with Gasteiger partial charge in [0, 0.05) is 12.6 Å². The lowest BCUT2D eigenvalue weighted by Gasteiger charge is -2.15. The number of nitrogens with one attached hydrogen (secondary N) is 2. The lowest BCUT2D eigenvalue weighted by molar-refractivity contribution is -0.120. The Labute approximate surface area is 79.7 Å². The minimum atomic E-state index is -0.432. The summed E-state index contributed by atoms with van der Waals surface area (Å²) < 4.78 is 0. The summed E-state index contributed by atoms with van der Waals surface area (Å²) in [7, 11) is 0. The fourth-order valence-corrected chi connectivity index (χ4v) is 0.751. The van der Waals surface area contributed by atoms with E-state index >= 15 is 0 Å². The first kappa shape index (κ1) is 12.4. The molecule has 78 valence electrons. The van der Waals surface area contributed by atoms with Crippen LogP contribution in [0.3, 0.4) is 0 Å². The number of aliphatic hydroxyl groups is 1. The average Bonchev–Trinajstić information content (AvgIpc) is 2.10. The topological polar surface area (TPSA) is 61.4 Å². The SMILES string of the molecule is CCCNC(=O)CNC(C)C(C)O. The van der Waals surface area contributed by atoms with Gasteiger partial charge in [-0.3, -0.25) is 4.79 Å². The van der Waals surface area contributed by atoms with Gasteiger partial charge in [0.2, 0.25) is 5.91 Å². The molecule has 0 aliphatic heterocycles. The number of amides is 1. The van der Waals surface area contributed by atoms with Crippen molar-refractivity contribution in [2.24, 2.45) is 0 Å². The zero-order valence-electron chi connectivity index (χ0n) is 8.63. The van der Waals surface area contributed by atoms with Gasteiger partial charge in [-0.1, -0.05) is 6.92 Å². The van der Waals surface area contributed by atoms with Crippen LogP contribution in [0.1, 0.15) is 27.2 Å². The Hall–Kier alpha value is -0.610. The lowest BCUT2D eigenvalue weighted by atomic mass is 10.2. The van der Waals surface area contributed by atoms with Crippen molar-refractivity contribution in [2.75, 3.05) is 13.1 Å². The highest BCUT2D eigenvalue weighted by atomic mass is 16.3. The molecule has 0 fully saturated rings. The maximum absolute atomic E-state index is 11.1. The Bertz CT molecular complexity index is 149. The molecule has 0 aliphatic carbocycles. The van der Waals surface area contributed by atoms with Gasteiger partial charge in [0.05, 0.1) is 12.6 Å². The van der Waals surface area contributed by atoms with Gasteiger partial charge in [0.15, 0.2) is 0 Å². The first-order chi connectivity index (χ1) is 6.07. The van der Waals surface area contributed by atoms with Crippen molar-refractivity contribution < 1.29 is 9.90 Å². The van der Waals surface area contributed by atoms with E-state index in [2.05, 4.69) is 10.6 Å². The zero-order valence-corrected chi connectivity index (χ0v) is 8.63. The molecule has 2 unspecified atom stereocenters. The van der Waals surface area contributed by atoms with Gasteiger partial charge in [-0.25, -0.2) is 0 Å². The highest BCUT2D eigenvalue weighted by Gasteiger charge is 2.08. The van der Waals surface area contributed by atoms with Gasteiger partial charge < -0.3 is 15.7 Å². The number of hydrogen-bond acceptors (Lipinski definition) is 3. The lowest BCUT2D eigenvalue weighted by Crippen LogP contribution is -2.42. The molecule has 0 saturated carbocycles. The predicted molar refractivity (Wildman–Crippen MR) is 52.4 cm³/mol.